The van der Waals surface area contributed by atoms with Crippen molar-refractivity contribution < 1.29 is 0 Å². The molecule has 3 nitrogen and oxygen atoms in total. The van der Waals surface area contributed by atoms with Crippen LogP contribution >= 0.6 is 15.9 Å². The standard InChI is InChI=1S/C12H13BrN2O/c1-8(2)11-7-12(16)14-15(11)10-6-4-3-5-9(10)13/h3-8H,1-2H3,(H,14,16). The van der Waals surface area contributed by atoms with Crippen LogP contribution in [0, 0.1) is 0 Å². The van der Waals surface area contributed by atoms with Crippen LogP contribution in [0.15, 0.2) is 39.6 Å². The molecule has 1 N–H and O–H groups in total. The molecule has 0 amide bonds. The zero-order chi connectivity index (χ0) is 11.7. The topological polar surface area (TPSA) is 37.8 Å². The Morgan fingerprint density at radius 2 is 2.00 bits per heavy atom. The average Bonchev–Trinajstić information content (AvgIpc) is 2.61. The Morgan fingerprint density at radius 1 is 1.31 bits per heavy atom. The highest BCUT2D eigenvalue weighted by atomic mass is 79.9. The summed E-state index contributed by atoms with van der Waals surface area (Å²) in [5.74, 6) is 0.297. The van der Waals surface area contributed by atoms with Crippen LogP contribution in [-0.4, -0.2) is 9.78 Å². The number of nitrogens with zero attached hydrogens (tertiary/aromatic N) is 1. The molecule has 0 fully saturated rings. The molecule has 1 aromatic carbocycles. The van der Waals surface area contributed by atoms with Gasteiger partial charge in [0.1, 0.15) is 0 Å². The number of benzene rings is 1. The van der Waals surface area contributed by atoms with Gasteiger partial charge in [-0.2, -0.15) is 0 Å². The SMILES string of the molecule is CC(C)c1cc(=O)[nH]n1-c1ccccc1Br. The molecule has 84 valence electrons. The maximum Gasteiger partial charge on any atom is 0.264 e. The number of aromatic nitrogens is 2. The van der Waals surface area contributed by atoms with Crippen molar-refractivity contribution in [2.24, 2.45) is 0 Å². The number of para-hydroxylation sites is 1. The second-order valence-corrected chi connectivity index (χ2v) is 4.84. The van der Waals surface area contributed by atoms with Crippen LogP contribution in [0.3, 0.4) is 0 Å². The number of aromatic amines is 1. The van der Waals surface area contributed by atoms with Gasteiger partial charge in [-0.3, -0.25) is 14.6 Å². The molecule has 0 unspecified atom stereocenters. The second-order valence-electron chi connectivity index (χ2n) is 3.99. The van der Waals surface area contributed by atoms with Gasteiger partial charge >= 0.3 is 0 Å². The molecule has 0 aliphatic rings. The third-order valence-corrected chi connectivity index (χ3v) is 3.11. The summed E-state index contributed by atoms with van der Waals surface area (Å²) in [5, 5.41) is 2.81. The van der Waals surface area contributed by atoms with E-state index in [1.54, 1.807) is 6.07 Å². The zero-order valence-electron chi connectivity index (χ0n) is 9.20. The molecule has 0 spiro atoms. The first-order valence-corrected chi connectivity index (χ1v) is 5.96. The molecule has 16 heavy (non-hydrogen) atoms. The molecule has 1 heterocycles. The number of nitrogens with one attached hydrogen (secondary N) is 1. The van der Waals surface area contributed by atoms with Gasteiger partial charge in [0.25, 0.3) is 5.56 Å². The van der Waals surface area contributed by atoms with Crippen LogP contribution in [0.5, 0.6) is 0 Å². The Morgan fingerprint density at radius 3 is 2.62 bits per heavy atom. The Hall–Kier alpha value is -1.29. The second kappa shape index (κ2) is 4.29. The van der Waals surface area contributed by atoms with E-state index in [1.807, 2.05) is 28.9 Å². The molecule has 4 heteroatoms. The highest BCUT2D eigenvalue weighted by molar-refractivity contribution is 9.10. The van der Waals surface area contributed by atoms with Gasteiger partial charge in [0.2, 0.25) is 0 Å². The number of halogens is 1. The van der Waals surface area contributed by atoms with Crippen LogP contribution in [0.4, 0.5) is 0 Å². The Balaban J connectivity index is 2.64. The van der Waals surface area contributed by atoms with E-state index in [1.165, 1.54) is 0 Å². The fourth-order valence-electron chi connectivity index (χ4n) is 1.66. The fraction of sp³-hybridized carbons (Fsp3) is 0.250. The summed E-state index contributed by atoms with van der Waals surface area (Å²) >= 11 is 3.48. The quantitative estimate of drug-likeness (QED) is 0.902. The Labute approximate surface area is 102 Å². The van der Waals surface area contributed by atoms with Crippen molar-refractivity contribution in [3.05, 3.63) is 50.9 Å². The summed E-state index contributed by atoms with van der Waals surface area (Å²) in [4.78, 5) is 11.4. The van der Waals surface area contributed by atoms with E-state index in [4.69, 9.17) is 0 Å². The smallest absolute Gasteiger partial charge is 0.264 e. The third-order valence-electron chi connectivity index (χ3n) is 2.44. The lowest BCUT2D eigenvalue weighted by Crippen LogP contribution is -2.06. The number of H-pyrrole nitrogens is 1. The zero-order valence-corrected chi connectivity index (χ0v) is 10.8. The van der Waals surface area contributed by atoms with Gasteiger partial charge in [0, 0.05) is 16.2 Å². The molecular formula is C12H13BrN2O. The van der Waals surface area contributed by atoms with Crippen molar-refractivity contribution in [3.8, 4) is 5.69 Å². The predicted molar refractivity (Wildman–Crippen MR) is 68.2 cm³/mol. The lowest BCUT2D eigenvalue weighted by Gasteiger charge is -2.12. The van der Waals surface area contributed by atoms with Crippen molar-refractivity contribution in [3.63, 3.8) is 0 Å². The van der Waals surface area contributed by atoms with Crippen molar-refractivity contribution in [1.29, 1.82) is 0 Å². The van der Waals surface area contributed by atoms with Gasteiger partial charge < -0.3 is 0 Å². The summed E-state index contributed by atoms with van der Waals surface area (Å²) in [6.45, 7) is 4.13. The van der Waals surface area contributed by atoms with Crippen molar-refractivity contribution >= 4 is 15.9 Å². The summed E-state index contributed by atoms with van der Waals surface area (Å²) in [6, 6.07) is 9.46. The number of rotatable bonds is 2. The largest absolute Gasteiger partial charge is 0.268 e. The van der Waals surface area contributed by atoms with E-state index in [2.05, 4.69) is 34.9 Å². The van der Waals surface area contributed by atoms with Crippen LogP contribution in [0.25, 0.3) is 5.69 Å². The van der Waals surface area contributed by atoms with Crippen LogP contribution in [-0.2, 0) is 0 Å². The highest BCUT2D eigenvalue weighted by Crippen LogP contribution is 2.23. The molecule has 0 radical (unpaired) electrons. The summed E-state index contributed by atoms with van der Waals surface area (Å²) < 4.78 is 2.79. The molecular weight excluding hydrogens is 268 g/mol. The van der Waals surface area contributed by atoms with E-state index in [-0.39, 0.29) is 5.56 Å². The van der Waals surface area contributed by atoms with E-state index < -0.39 is 0 Å². The first-order valence-electron chi connectivity index (χ1n) is 5.16. The van der Waals surface area contributed by atoms with Gasteiger partial charge in [-0.1, -0.05) is 26.0 Å². The van der Waals surface area contributed by atoms with E-state index in [0.29, 0.717) is 5.92 Å². The molecule has 2 aromatic rings. The van der Waals surface area contributed by atoms with Gasteiger partial charge in [0.15, 0.2) is 0 Å². The number of hydrogen-bond acceptors (Lipinski definition) is 1. The molecule has 2 rings (SSSR count). The molecule has 0 aliphatic carbocycles. The van der Waals surface area contributed by atoms with E-state index >= 15 is 0 Å². The van der Waals surface area contributed by atoms with E-state index in [9.17, 15) is 4.79 Å². The minimum absolute atomic E-state index is 0.0700. The number of hydrogen-bond donors (Lipinski definition) is 1. The summed E-state index contributed by atoms with van der Waals surface area (Å²) in [7, 11) is 0. The Bertz CT molecular complexity index is 554. The monoisotopic (exact) mass is 280 g/mol. The normalized spacial score (nSPS) is 11.0. The van der Waals surface area contributed by atoms with Crippen molar-refractivity contribution in [2.45, 2.75) is 19.8 Å². The molecule has 0 saturated heterocycles. The molecule has 1 aromatic heterocycles. The van der Waals surface area contributed by atoms with E-state index in [0.717, 1.165) is 15.9 Å². The van der Waals surface area contributed by atoms with Gasteiger partial charge in [0.05, 0.1) is 5.69 Å². The third kappa shape index (κ3) is 1.97. The maximum atomic E-state index is 11.4. The predicted octanol–water partition coefficient (Wildman–Crippen LogP) is 3.05. The average molecular weight is 281 g/mol. The molecule has 0 bridgehead atoms. The van der Waals surface area contributed by atoms with Gasteiger partial charge in [-0.25, -0.2) is 0 Å². The first kappa shape index (κ1) is 11.2. The van der Waals surface area contributed by atoms with Gasteiger partial charge in [-0.15, -0.1) is 0 Å². The van der Waals surface area contributed by atoms with Crippen LogP contribution < -0.4 is 5.56 Å². The lowest BCUT2D eigenvalue weighted by molar-refractivity contribution is 0.729. The minimum atomic E-state index is -0.0700. The highest BCUT2D eigenvalue weighted by Gasteiger charge is 2.11. The molecule has 0 saturated carbocycles. The minimum Gasteiger partial charge on any atom is -0.268 e. The Kier molecular flexibility index (Phi) is 3.01. The summed E-state index contributed by atoms with van der Waals surface area (Å²) in [5.41, 5.74) is 1.87. The summed E-state index contributed by atoms with van der Waals surface area (Å²) in [6.07, 6.45) is 0. The lowest BCUT2D eigenvalue weighted by atomic mass is 10.1. The van der Waals surface area contributed by atoms with Crippen LogP contribution in [0.2, 0.25) is 0 Å². The fourth-order valence-corrected chi connectivity index (χ4v) is 2.13. The molecule has 0 aliphatic heterocycles. The first-order chi connectivity index (χ1) is 7.59. The van der Waals surface area contributed by atoms with Crippen molar-refractivity contribution in [2.75, 3.05) is 0 Å². The molecule has 0 atom stereocenters. The van der Waals surface area contributed by atoms with Crippen molar-refractivity contribution in [1.82, 2.24) is 9.78 Å². The maximum absolute atomic E-state index is 11.4. The van der Waals surface area contributed by atoms with Gasteiger partial charge in [-0.05, 0) is 34.0 Å². The van der Waals surface area contributed by atoms with Crippen LogP contribution in [0.1, 0.15) is 25.5 Å².